The quantitative estimate of drug-likeness (QED) is 0.521. The van der Waals surface area contributed by atoms with E-state index >= 15 is 0 Å². The van der Waals surface area contributed by atoms with Gasteiger partial charge in [0.15, 0.2) is 17.5 Å². The average Bonchev–Trinajstić information content (AvgIpc) is 2.08. The molecule has 0 amide bonds. The first kappa shape index (κ1) is 10.9. The van der Waals surface area contributed by atoms with Crippen LogP contribution >= 0.6 is 0 Å². The van der Waals surface area contributed by atoms with E-state index in [-0.39, 0.29) is 5.78 Å². The highest BCUT2D eigenvalue weighted by molar-refractivity contribution is 5.86. The van der Waals surface area contributed by atoms with Crippen molar-refractivity contribution in [3.63, 3.8) is 0 Å². The molecule has 0 saturated carbocycles. The molecule has 78 valence electrons. The molecule has 0 heterocycles. The topological polar surface area (TPSA) is 63.6 Å². The van der Waals surface area contributed by atoms with Gasteiger partial charge in [0.05, 0.1) is 0 Å². The van der Waals surface area contributed by atoms with Crippen LogP contribution in [0.4, 0.5) is 0 Å². The van der Waals surface area contributed by atoms with Gasteiger partial charge in [-0.1, -0.05) is 6.08 Å². The molecule has 0 aliphatic heterocycles. The number of hydrogen-bond donors (Lipinski definition) is 1. The maximum Gasteiger partial charge on any atom is 0.303 e. The average molecular weight is 198 g/mol. The fourth-order valence-corrected chi connectivity index (χ4v) is 1.52. The van der Waals surface area contributed by atoms with Crippen molar-refractivity contribution in [1.29, 1.82) is 0 Å². The van der Waals surface area contributed by atoms with Crippen molar-refractivity contribution in [1.82, 2.24) is 0 Å². The number of rotatable bonds is 2. The van der Waals surface area contributed by atoms with Crippen LogP contribution in [0.2, 0.25) is 0 Å². The summed E-state index contributed by atoms with van der Waals surface area (Å²) in [6.07, 6.45) is 3.44. The van der Waals surface area contributed by atoms with E-state index in [1.54, 1.807) is 12.2 Å². The van der Waals surface area contributed by atoms with Gasteiger partial charge < -0.3 is 9.84 Å². The van der Waals surface area contributed by atoms with E-state index in [4.69, 9.17) is 4.74 Å². The summed E-state index contributed by atoms with van der Waals surface area (Å²) >= 11 is 0. The Morgan fingerprint density at radius 1 is 1.50 bits per heavy atom. The number of ether oxygens (including phenoxy) is 1. The zero-order chi connectivity index (χ0) is 10.8. The lowest BCUT2D eigenvalue weighted by Crippen LogP contribution is -2.50. The first-order valence-corrected chi connectivity index (χ1v) is 4.54. The van der Waals surface area contributed by atoms with Gasteiger partial charge in [-0.3, -0.25) is 9.59 Å². The molecule has 0 aromatic carbocycles. The number of Topliss-reactive ketones (excluding diaryl/α,β-unsaturated/α-hetero) is 1. The molecule has 0 spiro atoms. The Labute approximate surface area is 82.6 Å². The maximum atomic E-state index is 11.2. The molecule has 0 aromatic heterocycles. The van der Waals surface area contributed by atoms with Gasteiger partial charge in [-0.05, 0) is 25.8 Å². The maximum absolute atomic E-state index is 11.2. The fraction of sp³-hybridized carbons (Fsp3) is 0.600. The van der Waals surface area contributed by atoms with Gasteiger partial charge in [0.25, 0.3) is 0 Å². The minimum atomic E-state index is -1.54. The number of ketones is 1. The van der Waals surface area contributed by atoms with E-state index in [0.29, 0.717) is 12.8 Å². The Morgan fingerprint density at radius 2 is 2.14 bits per heavy atom. The van der Waals surface area contributed by atoms with Crippen LogP contribution in [0.1, 0.15) is 26.7 Å². The minimum absolute atomic E-state index is 0.302. The van der Waals surface area contributed by atoms with Crippen LogP contribution < -0.4 is 0 Å². The molecular formula is C10H14O4. The molecule has 4 nitrogen and oxygen atoms in total. The molecule has 0 unspecified atom stereocenters. The molecule has 1 aliphatic rings. The molecule has 0 radical (unpaired) electrons. The Kier molecular flexibility index (Phi) is 3.06. The number of carbonyl (C=O) groups excluding carboxylic acids is 2. The zero-order valence-corrected chi connectivity index (χ0v) is 8.32. The van der Waals surface area contributed by atoms with Crippen LogP contribution in [0.5, 0.6) is 0 Å². The summed E-state index contributed by atoms with van der Waals surface area (Å²) in [5.74, 6) is -0.866. The molecule has 2 atom stereocenters. The second-order valence-corrected chi connectivity index (χ2v) is 3.48. The van der Waals surface area contributed by atoms with Crippen molar-refractivity contribution in [2.24, 2.45) is 0 Å². The highest BCUT2D eigenvalue weighted by atomic mass is 16.6. The molecule has 0 bridgehead atoms. The van der Waals surface area contributed by atoms with E-state index in [9.17, 15) is 14.7 Å². The molecule has 4 heteroatoms. The molecular weight excluding hydrogens is 184 g/mol. The molecule has 1 aliphatic carbocycles. The normalized spacial score (nSPS) is 31.2. The Balaban J connectivity index is 2.87. The van der Waals surface area contributed by atoms with Gasteiger partial charge in [-0.25, -0.2) is 0 Å². The molecule has 1 N–H and O–H groups in total. The largest absolute Gasteiger partial charge is 0.455 e. The third kappa shape index (κ3) is 2.01. The van der Waals surface area contributed by atoms with Gasteiger partial charge in [0, 0.05) is 6.92 Å². The second-order valence-electron chi connectivity index (χ2n) is 3.48. The number of allylic oxidation sites excluding steroid dienone is 1. The van der Waals surface area contributed by atoms with Crippen LogP contribution in [0, 0.1) is 0 Å². The SMILES string of the molecule is CC(=O)O[C@H]1C=CCC[C@@]1(O)C(C)=O. The van der Waals surface area contributed by atoms with E-state index in [0.717, 1.165) is 0 Å². The van der Waals surface area contributed by atoms with Gasteiger partial charge in [0.2, 0.25) is 0 Å². The molecule has 0 aromatic rings. The molecule has 0 fully saturated rings. The van der Waals surface area contributed by atoms with E-state index in [2.05, 4.69) is 0 Å². The summed E-state index contributed by atoms with van der Waals surface area (Å²) < 4.78 is 4.87. The lowest BCUT2D eigenvalue weighted by atomic mass is 9.83. The summed E-state index contributed by atoms with van der Waals surface area (Å²) in [6, 6.07) is 0. The number of carbonyl (C=O) groups is 2. The number of hydrogen-bond acceptors (Lipinski definition) is 4. The molecule has 0 saturated heterocycles. The van der Waals surface area contributed by atoms with Crippen molar-refractivity contribution in [3.8, 4) is 0 Å². The Bertz CT molecular complexity index is 282. The van der Waals surface area contributed by atoms with Gasteiger partial charge >= 0.3 is 5.97 Å². The van der Waals surface area contributed by atoms with E-state index in [1.165, 1.54) is 13.8 Å². The Hall–Kier alpha value is -1.16. The first-order valence-electron chi connectivity index (χ1n) is 4.54. The molecule has 1 rings (SSSR count). The lowest BCUT2D eigenvalue weighted by molar-refractivity contribution is -0.165. The van der Waals surface area contributed by atoms with E-state index in [1.807, 2.05) is 0 Å². The monoisotopic (exact) mass is 198 g/mol. The van der Waals surface area contributed by atoms with Crippen molar-refractivity contribution < 1.29 is 19.4 Å². The van der Waals surface area contributed by atoms with Crippen LogP contribution in [-0.2, 0) is 14.3 Å². The highest BCUT2D eigenvalue weighted by Gasteiger charge is 2.43. The fourth-order valence-electron chi connectivity index (χ4n) is 1.52. The third-order valence-electron chi connectivity index (χ3n) is 2.38. The van der Waals surface area contributed by atoms with Gasteiger partial charge in [-0.15, -0.1) is 0 Å². The molecule has 14 heavy (non-hydrogen) atoms. The smallest absolute Gasteiger partial charge is 0.303 e. The second kappa shape index (κ2) is 3.92. The van der Waals surface area contributed by atoms with Gasteiger partial charge in [-0.2, -0.15) is 0 Å². The summed E-state index contributed by atoms with van der Waals surface area (Å²) in [6.45, 7) is 2.55. The van der Waals surface area contributed by atoms with Crippen molar-refractivity contribution >= 4 is 11.8 Å². The van der Waals surface area contributed by atoms with Crippen molar-refractivity contribution in [2.75, 3.05) is 0 Å². The summed E-state index contributed by atoms with van der Waals surface area (Å²) in [5.41, 5.74) is -1.54. The number of esters is 1. The summed E-state index contributed by atoms with van der Waals surface area (Å²) in [4.78, 5) is 22.0. The van der Waals surface area contributed by atoms with Crippen LogP contribution in [0.3, 0.4) is 0 Å². The van der Waals surface area contributed by atoms with E-state index < -0.39 is 17.7 Å². The van der Waals surface area contributed by atoms with Crippen molar-refractivity contribution in [2.45, 2.75) is 38.4 Å². The van der Waals surface area contributed by atoms with Crippen molar-refractivity contribution in [3.05, 3.63) is 12.2 Å². The van der Waals surface area contributed by atoms with Gasteiger partial charge in [0.1, 0.15) is 0 Å². The standard InChI is InChI=1S/C10H14O4/c1-7(11)10(13)6-4-3-5-9(10)14-8(2)12/h3,5,9,13H,4,6H2,1-2H3/t9-,10+/m0/s1. The van der Waals surface area contributed by atoms with Crippen LogP contribution in [0.15, 0.2) is 12.2 Å². The van der Waals surface area contributed by atoms with Crippen LogP contribution in [-0.4, -0.2) is 28.6 Å². The predicted molar refractivity (Wildman–Crippen MR) is 49.6 cm³/mol. The third-order valence-corrected chi connectivity index (χ3v) is 2.38. The summed E-state index contributed by atoms with van der Waals surface area (Å²) in [7, 11) is 0. The lowest BCUT2D eigenvalue weighted by Gasteiger charge is -2.33. The summed E-state index contributed by atoms with van der Waals surface area (Å²) in [5, 5.41) is 9.98. The minimum Gasteiger partial charge on any atom is -0.455 e. The first-order chi connectivity index (χ1) is 6.47. The predicted octanol–water partition coefficient (Wildman–Crippen LogP) is 0.588. The number of aliphatic hydroxyl groups is 1. The zero-order valence-electron chi connectivity index (χ0n) is 8.32. The van der Waals surface area contributed by atoms with Crippen LogP contribution in [0.25, 0.3) is 0 Å². The Morgan fingerprint density at radius 3 is 2.64 bits per heavy atom. The highest BCUT2D eigenvalue weighted by Crippen LogP contribution is 2.27.